The number of benzene rings is 2. The quantitative estimate of drug-likeness (QED) is 0.344. The first-order valence-corrected chi connectivity index (χ1v) is 16.8. The van der Waals surface area contributed by atoms with Crippen molar-refractivity contribution in [2.75, 3.05) is 46.0 Å². The van der Waals surface area contributed by atoms with E-state index in [1.54, 1.807) is 11.3 Å². The number of fused-ring (bicyclic) bond motifs is 1. The predicted octanol–water partition coefficient (Wildman–Crippen LogP) is 4.72. The van der Waals surface area contributed by atoms with E-state index in [0.717, 1.165) is 53.4 Å². The number of aromatic nitrogens is 1. The summed E-state index contributed by atoms with van der Waals surface area (Å²) in [5, 5.41) is 10.5. The highest BCUT2D eigenvalue weighted by atomic mass is 32.2. The predicted molar refractivity (Wildman–Crippen MR) is 165 cm³/mol. The molecule has 1 fully saturated rings. The van der Waals surface area contributed by atoms with Crippen molar-refractivity contribution in [2.24, 2.45) is 0 Å². The van der Waals surface area contributed by atoms with Crippen molar-refractivity contribution in [3.63, 3.8) is 0 Å². The Bertz CT molecular complexity index is 1530. The van der Waals surface area contributed by atoms with E-state index in [0.29, 0.717) is 30.4 Å². The molecule has 1 N–H and O–H groups in total. The summed E-state index contributed by atoms with van der Waals surface area (Å²) < 4.78 is 34.3. The molecule has 0 spiro atoms. The van der Waals surface area contributed by atoms with Crippen molar-refractivity contribution in [1.82, 2.24) is 19.5 Å². The monoisotopic (exact) mass is 593 g/mol. The third-order valence-electron chi connectivity index (χ3n) is 8.08. The van der Waals surface area contributed by atoms with Gasteiger partial charge in [0.2, 0.25) is 10.0 Å². The lowest BCUT2D eigenvalue weighted by Crippen LogP contribution is -2.37. The number of nitriles is 1. The van der Waals surface area contributed by atoms with Gasteiger partial charge in [-0.15, -0.1) is 11.3 Å². The molecular formula is C31H39N5O3S2. The average molecular weight is 594 g/mol. The second-order valence-corrected chi connectivity index (χ2v) is 14.5. The standard InChI is InChI=1S/C31H39N5O3S2/c1-21(2)39-29-11-9-22(16-24(29)17-32)31-33-19-30(40-31)28-7-5-6-26-23(8-10-27(26)28)18-34-41(37,38)15-14-36-13-12-25(20-36)35(3)4/h5-7,9,11,16,19,21,23,25,34H,8,10,12-15,18,20H2,1-4H3/t23?,25-/m0/s1. The van der Waals surface area contributed by atoms with Gasteiger partial charge in [-0.2, -0.15) is 5.26 Å². The molecule has 218 valence electrons. The Morgan fingerprint density at radius 2 is 2.07 bits per heavy atom. The van der Waals surface area contributed by atoms with Crippen LogP contribution >= 0.6 is 11.3 Å². The van der Waals surface area contributed by atoms with E-state index < -0.39 is 10.0 Å². The highest BCUT2D eigenvalue weighted by Crippen LogP contribution is 2.42. The Morgan fingerprint density at radius 1 is 1.24 bits per heavy atom. The zero-order chi connectivity index (χ0) is 29.1. The Balaban J connectivity index is 1.24. The fourth-order valence-electron chi connectivity index (χ4n) is 5.81. The summed E-state index contributed by atoms with van der Waals surface area (Å²) in [4.78, 5) is 10.2. The largest absolute Gasteiger partial charge is 0.490 e. The first-order valence-electron chi connectivity index (χ1n) is 14.3. The number of hydrogen-bond acceptors (Lipinski definition) is 8. The molecule has 0 saturated carbocycles. The third-order valence-corrected chi connectivity index (χ3v) is 10.5. The number of nitrogens with one attached hydrogen (secondary N) is 1. The second-order valence-electron chi connectivity index (χ2n) is 11.5. The van der Waals surface area contributed by atoms with Gasteiger partial charge in [-0.25, -0.2) is 18.1 Å². The zero-order valence-corrected chi connectivity index (χ0v) is 25.9. The minimum absolute atomic E-state index is 0.00940. The van der Waals surface area contributed by atoms with E-state index in [2.05, 4.69) is 57.9 Å². The van der Waals surface area contributed by atoms with Crippen LogP contribution in [0.5, 0.6) is 5.75 Å². The molecule has 1 unspecified atom stereocenters. The summed E-state index contributed by atoms with van der Waals surface area (Å²) in [6.07, 6.45) is 4.80. The van der Waals surface area contributed by atoms with E-state index in [9.17, 15) is 13.7 Å². The van der Waals surface area contributed by atoms with Crippen LogP contribution in [0.1, 0.15) is 49.3 Å². The minimum Gasteiger partial charge on any atom is -0.490 e. The number of sulfonamides is 1. The average Bonchev–Trinajstić information content (AvgIpc) is 3.71. The van der Waals surface area contributed by atoms with Gasteiger partial charge in [-0.05, 0) is 94.6 Å². The topological polar surface area (TPSA) is 98.6 Å². The summed E-state index contributed by atoms with van der Waals surface area (Å²) in [5.41, 5.74) is 5.03. The molecule has 0 bridgehead atoms. The molecule has 3 aromatic rings. The molecule has 10 heteroatoms. The lowest BCUT2D eigenvalue weighted by Gasteiger charge is -2.20. The molecule has 1 aliphatic heterocycles. The first kappa shape index (κ1) is 29.7. The van der Waals surface area contributed by atoms with Crippen molar-refractivity contribution in [2.45, 2.75) is 51.2 Å². The smallest absolute Gasteiger partial charge is 0.212 e. The van der Waals surface area contributed by atoms with Crippen LogP contribution in [-0.2, 0) is 16.4 Å². The SMILES string of the molecule is CC(C)Oc1ccc(-c2ncc(-c3cccc4c3CCC4CNS(=O)(=O)CCN3CC[C@H](N(C)C)C3)s2)cc1C#N. The van der Waals surface area contributed by atoms with Crippen LogP contribution in [0.25, 0.3) is 21.0 Å². The van der Waals surface area contributed by atoms with Gasteiger partial charge < -0.3 is 14.5 Å². The number of hydrogen-bond donors (Lipinski definition) is 1. The molecule has 5 rings (SSSR count). The van der Waals surface area contributed by atoms with Crippen LogP contribution in [0.15, 0.2) is 42.6 Å². The maximum absolute atomic E-state index is 12.8. The lowest BCUT2D eigenvalue weighted by molar-refractivity contribution is 0.242. The molecule has 1 aromatic heterocycles. The maximum atomic E-state index is 12.8. The van der Waals surface area contributed by atoms with Crippen LogP contribution in [0.4, 0.5) is 0 Å². The van der Waals surface area contributed by atoms with E-state index in [-0.39, 0.29) is 17.8 Å². The normalized spacial score (nSPS) is 19.1. The van der Waals surface area contributed by atoms with Crippen molar-refractivity contribution in [1.29, 1.82) is 5.26 Å². The number of ether oxygens (including phenoxy) is 1. The van der Waals surface area contributed by atoms with Gasteiger partial charge >= 0.3 is 0 Å². The summed E-state index contributed by atoms with van der Waals surface area (Å²) in [6, 6.07) is 14.7. The van der Waals surface area contributed by atoms with E-state index in [4.69, 9.17) is 4.74 Å². The van der Waals surface area contributed by atoms with Crippen LogP contribution in [0.2, 0.25) is 0 Å². The van der Waals surface area contributed by atoms with Crippen molar-refractivity contribution < 1.29 is 13.2 Å². The molecule has 1 saturated heterocycles. The number of nitrogens with zero attached hydrogens (tertiary/aromatic N) is 4. The maximum Gasteiger partial charge on any atom is 0.212 e. The highest BCUT2D eigenvalue weighted by molar-refractivity contribution is 7.89. The fourth-order valence-corrected chi connectivity index (χ4v) is 7.87. The first-order chi connectivity index (χ1) is 19.6. The van der Waals surface area contributed by atoms with Gasteiger partial charge in [-0.1, -0.05) is 18.2 Å². The van der Waals surface area contributed by atoms with Gasteiger partial charge in [0.1, 0.15) is 16.8 Å². The van der Waals surface area contributed by atoms with Crippen molar-refractivity contribution in [3.8, 4) is 32.8 Å². The van der Waals surface area contributed by atoms with E-state index in [1.165, 1.54) is 11.1 Å². The van der Waals surface area contributed by atoms with Crippen molar-refractivity contribution in [3.05, 3.63) is 59.3 Å². The van der Waals surface area contributed by atoms with Crippen LogP contribution < -0.4 is 9.46 Å². The number of likely N-dealkylation sites (tertiary alicyclic amines) is 1. The third kappa shape index (κ3) is 6.99. The lowest BCUT2D eigenvalue weighted by atomic mass is 9.98. The molecule has 8 nitrogen and oxygen atoms in total. The van der Waals surface area contributed by atoms with Crippen LogP contribution in [0, 0.1) is 11.3 Å². The Hall–Kier alpha value is -2.81. The minimum atomic E-state index is -3.35. The summed E-state index contributed by atoms with van der Waals surface area (Å²) >= 11 is 1.60. The Kier molecular flexibility index (Phi) is 9.12. The molecule has 0 radical (unpaired) electrons. The molecule has 2 aromatic carbocycles. The summed E-state index contributed by atoms with van der Waals surface area (Å²) in [5.74, 6) is 0.873. The van der Waals surface area contributed by atoms with E-state index in [1.807, 2.05) is 38.2 Å². The van der Waals surface area contributed by atoms with Crippen molar-refractivity contribution >= 4 is 21.4 Å². The molecule has 41 heavy (non-hydrogen) atoms. The molecule has 0 amide bonds. The van der Waals surface area contributed by atoms with Gasteiger partial charge in [0.15, 0.2) is 0 Å². The van der Waals surface area contributed by atoms with Crippen LogP contribution in [0.3, 0.4) is 0 Å². The van der Waals surface area contributed by atoms with Gasteiger partial charge in [0.25, 0.3) is 0 Å². The molecule has 2 aliphatic rings. The number of rotatable bonds is 11. The Morgan fingerprint density at radius 3 is 2.80 bits per heavy atom. The molecule has 1 aliphatic carbocycles. The summed E-state index contributed by atoms with van der Waals surface area (Å²) in [7, 11) is 0.817. The summed E-state index contributed by atoms with van der Waals surface area (Å²) in [6.45, 7) is 6.76. The van der Waals surface area contributed by atoms with E-state index >= 15 is 0 Å². The second kappa shape index (κ2) is 12.6. The molecule has 2 atom stereocenters. The molecular weight excluding hydrogens is 555 g/mol. The van der Waals surface area contributed by atoms with Gasteiger partial charge in [-0.3, -0.25) is 0 Å². The fraction of sp³-hybridized carbons (Fsp3) is 0.484. The number of thiazole rings is 1. The van der Waals surface area contributed by atoms with Gasteiger partial charge in [0, 0.05) is 37.4 Å². The number of likely N-dealkylation sites (N-methyl/N-ethyl adjacent to an activating group) is 1. The Labute approximate surface area is 248 Å². The highest BCUT2D eigenvalue weighted by Gasteiger charge is 2.28. The zero-order valence-electron chi connectivity index (χ0n) is 24.3. The van der Waals surface area contributed by atoms with Gasteiger partial charge in [0.05, 0.1) is 22.3 Å². The van der Waals surface area contributed by atoms with Crippen LogP contribution in [-0.4, -0.2) is 81.4 Å². The molecule has 2 heterocycles.